The van der Waals surface area contributed by atoms with E-state index in [1.807, 2.05) is 6.07 Å². The van der Waals surface area contributed by atoms with E-state index in [0.29, 0.717) is 10.2 Å². The van der Waals surface area contributed by atoms with Crippen molar-refractivity contribution in [1.82, 2.24) is 0 Å². The van der Waals surface area contributed by atoms with Crippen molar-refractivity contribution in [3.63, 3.8) is 0 Å². The SMILES string of the molecule is O=C(O)c1cc(=O)c2c(Oc3ccc(Br)cc3Br)cccc2o1. The summed E-state index contributed by atoms with van der Waals surface area (Å²) in [5.74, 6) is -0.908. The molecule has 0 unspecified atom stereocenters. The van der Waals surface area contributed by atoms with E-state index in [2.05, 4.69) is 31.9 Å². The number of carboxylic acid groups (broad SMARTS) is 1. The van der Waals surface area contributed by atoms with Gasteiger partial charge in [0.25, 0.3) is 0 Å². The number of carboxylic acids is 1. The zero-order chi connectivity index (χ0) is 16.6. The Labute approximate surface area is 146 Å². The summed E-state index contributed by atoms with van der Waals surface area (Å²) in [7, 11) is 0. The van der Waals surface area contributed by atoms with Crippen LogP contribution in [0.1, 0.15) is 10.6 Å². The molecule has 5 nitrogen and oxygen atoms in total. The molecule has 116 valence electrons. The van der Waals surface area contributed by atoms with Crippen molar-refractivity contribution < 1.29 is 19.1 Å². The highest BCUT2D eigenvalue weighted by molar-refractivity contribution is 9.11. The minimum Gasteiger partial charge on any atom is -0.475 e. The van der Waals surface area contributed by atoms with Crippen LogP contribution in [0.2, 0.25) is 0 Å². The van der Waals surface area contributed by atoms with Gasteiger partial charge in [-0.3, -0.25) is 4.79 Å². The van der Waals surface area contributed by atoms with Gasteiger partial charge in [0.1, 0.15) is 22.5 Å². The smallest absolute Gasteiger partial charge is 0.371 e. The third kappa shape index (κ3) is 3.16. The number of benzene rings is 2. The maximum atomic E-state index is 12.2. The van der Waals surface area contributed by atoms with Gasteiger partial charge in [-0.15, -0.1) is 0 Å². The first-order valence-corrected chi connectivity index (χ1v) is 7.97. The molecular formula is C16H8Br2O5. The van der Waals surface area contributed by atoms with Crippen LogP contribution in [0.3, 0.4) is 0 Å². The first kappa shape index (κ1) is 15.8. The Balaban J connectivity index is 2.15. The van der Waals surface area contributed by atoms with Gasteiger partial charge in [0.2, 0.25) is 5.76 Å². The standard InChI is InChI=1S/C16H8Br2O5/c17-8-4-5-11(9(18)6-8)22-12-2-1-3-13-15(12)10(19)7-14(23-13)16(20)21/h1-7H,(H,20,21). The van der Waals surface area contributed by atoms with E-state index in [-0.39, 0.29) is 16.7 Å². The van der Waals surface area contributed by atoms with E-state index in [1.165, 1.54) is 6.07 Å². The second-order valence-electron chi connectivity index (χ2n) is 4.59. The van der Waals surface area contributed by atoms with Crippen LogP contribution >= 0.6 is 31.9 Å². The molecule has 0 saturated carbocycles. The number of ether oxygens (including phenoxy) is 1. The summed E-state index contributed by atoms with van der Waals surface area (Å²) >= 11 is 6.73. The van der Waals surface area contributed by atoms with Crippen LogP contribution in [0.4, 0.5) is 0 Å². The molecule has 0 aliphatic rings. The largest absolute Gasteiger partial charge is 0.475 e. The second-order valence-corrected chi connectivity index (χ2v) is 6.36. The molecule has 0 bridgehead atoms. The van der Waals surface area contributed by atoms with Crippen LogP contribution in [0.15, 0.2) is 60.6 Å². The lowest BCUT2D eigenvalue weighted by molar-refractivity contribution is 0.0663. The monoisotopic (exact) mass is 438 g/mol. The van der Waals surface area contributed by atoms with Gasteiger partial charge < -0.3 is 14.3 Å². The molecular weight excluding hydrogens is 432 g/mol. The van der Waals surface area contributed by atoms with E-state index >= 15 is 0 Å². The zero-order valence-electron chi connectivity index (χ0n) is 11.4. The fourth-order valence-corrected chi connectivity index (χ4v) is 3.17. The molecule has 3 rings (SSSR count). The van der Waals surface area contributed by atoms with Gasteiger partial charge in [-0.1, -0.05) is 22.0 Å². The Morgan fingerprint density at radius 3 is 2.57 bits per heavy atom. The zero-order valence-corrected chi connectivity index (χ0v) is 14.5. The molecule has 3 aromatic rings. The molecule has 0 aliphatic heterocycles. The van der Waals surface area contributed by atoms with Gasteiger partial charge in [0, 0.05) is 10.5 Å². The van der Waals surface area contributed by atoms with E-state index in [1.54, 1.807) is 24.3 Å². The summed E-state index contributed by atoms with van der Waals surface area (Å²) < 4.78 is 12.6. The van der Waals surface area contributed by atoms with Gasteiger partial charge in [0.05, 0.1) is 4.47 Å². The van der Waals surface area contributed by atoms with E-state index in [9.17, 15) is 9.59 Å². The minimum absolute atomic E-state index is 0.153. The van der Waals surface area contributed by atoms with Crippen molar-refractivity contribution in [2.75, 3.05) is 0 Å². The van der Waals surface area contributed by atoms with Crippen LogP contribution < -0.4 is 10.2 Å². The lowest BCUT2D eigenvalue weighted by atomic mass is 10.2. The summed E-state index contributed by atoms with van der Waals surface area (Å²) in [5, 5.41) is 9.15. The summed E-state index contributed by atoms with van der Waals surface area (Å²) in [5.41, 5.74) is -0.326. The number of fused-ring (bicyclic) bond motifs is 1. The number of rotatable bonds is 3. The predicted octanol–water partition coefficient (Wildman–Crippen LogP) is 4.81. The van der Waals surface area contributed by atoms with Gasteiger partial charge in [-0.2, -0.15) is 0 Å². The Hall–Kier alpha value is -2.12. The first-order chi connectivity index (χ1) is 11.0. The third-order valence-corrected chi connectivity index (χ3v) is 4.15. The number of aromatic carboxylic acids is 1. The van der Waals surface area contributed by atoms with E-state index in [4.69, 9.17) is 14.3 Å². The van der Waals surface area contributed by atoms with E-state index in [0.717, 1.165) is 10.5 Å². The Bertz CT molecular complexity index is 978. The Morgan fingerprint density at radius 2 is 1.87 bits per heavy atom. The quantitative estimate of drug-likeness (QED) is 0.633. The maximum Gasteiger partial charge on any atom is 0.371 e. The average molecular weight is 440 g/mol. The van der Waals surface area contributed by atoms with Crippen LogP contribution in [0, 0.1) is 0 Å². The minimum atomic E-state index is -1.30. The van der Waals surface area contributed by atoms with Crippen LogP contribution in [-0.2, 0) is 0 Å². The lowest BCUT2D eigenvalue weighted by Gasteiger charge is -2.10. The molecule has 0 radical (unpaired) electrons. The highest BCUT2D eigenvalue weighted by atomic mass is 79.9. The van der Waals surface area contributed by atoms with Crippen LogP contribution in [0.5, 0.6) is 11.5 Å². The summed E-state index contributed by atoms with van der Waals surface area (Å²) in [4.78, 5) is 23.2. The summed E-state index contributed by atoms with van der Waals surface area (Å²) in [6.07, 6.45) is 0. The van der Waals surface area contributed by atoms with Gasteiger partial charge in [-0.25, -0.2) is 4.79 Å². The Kier molecular flexibility index (Phi) is 4.23. The highest BCUT2D eigenvalue weighted by Crippen LogP contribution is 2.34. The van der Waals surface area contributed by atoms with Gasteiger partial charge >= 0.3 is 5.97 Å². The molecule has 0 fully saturated rings. The van der Waals surface area contributed by atoms with Gasteiger partial charge in [-0.05, 0) is 46.3 Å². The summed E-state index contributed by atoms with van der Waals surface area (Å²) in [6, 6.07) is 11.1. The van der Waals surface area contributed by atoms with Gasteiger partial charge in [0.15, 0.2) is 5.43 Å². The van der Waals surface area contributed by atoms with E-state index < -0.39 is 17.2 Å². The Morgan fingerprint density at radius 1 is 1.09 bits per heavy atom. The lowest BCUT2D eigenvalue weighted by Crippen LogP contribution is -2.07. The molecule has 2 aromatic carbocycles. The molecule has 7 heteroatoms. The van der Waals surface area contributed by atoms with Crippen molar-refractivity contribution in [1.29, 1.82) is 0 Å². The highest BCUT2D eigenvalue weighted by Gasteiger charge is 2.15. The van der Waals surface area contributed by atoms with Crippen molar-refractivity contribution in [2.24, 2.45) is 0 Å². The van der Waals surface area contributed by atoms with Crippen molar-refractivity contribution in [3.8, 4) is 11.5 Å². The molecule has 0 atom stereocenters. The topological polar surface area (TPSA) is 76.7 Å². The molecule has 0 spiro atoms. The predicted molar refractivity (Wildman–Crippen MR) is 91.4 cm³/mol. The molecule has 0 amide bonds. The molecule has 0 saturated heterocycles. The van der Waals surface area contributed by atoms with Crippen LogP contribution in [-0.4, -0.2) is 11.1 Å². The number of hydrogen-bond donors (Lipinski definition) is 1. The number of carbonyl (C=O) groups is 1. The maximum absolute atomic E-state index is 12.2. The van der Waals surface area contributed by atoms with Crippen LogP contribution in [0.25, 0.3) is 11.0 Å². The normalized spacial score (nSPS) is 10.7. The second kappa shape index (κ2) is 6.17. The average Bonchev–Trinajstić information content (AvgIpc) is 2.49. The molecule has 0 aliphatic carbocycles. The number of halogens is 2. The number of hydrogen-bond acceptors (Lipinski definition) is 4. The molecule has 23 heavy (non-hydrogen) atoms. The molecule has 1 N–H and O–H groups in total. The fraction of sp³-hybridized carbons (Fsp3) is 0. The fourth-order valence-electron chi connectivity index (χ4n) is 2.04. The molecule has 1 heterocycles. The van der Waals surface area contributed by atoms with Crippen molar-refractivity contribution >= 4 is 48.8 Å². The third-order valence-electron chi connectivity index (χ3n) is 3.04. The first-order valence-electron chi connectivity index (χ1n) is 6.39. The summed E-state index contributed by atoms with van der Waals surface area (Å²) in [6.45, 7) is 0. The van der Waals surface area contributed by atoms with Crippen molar-refractivity contribution in [3.05, 3.63) is 67.4 Å². The molecule has 1 aromatic heterocycles. The van der Waals surface area contributed by atoms with Crippen molar-refractivity contribution in [2.45, 2.75) is 0 Å².